The van der Waals surface area contributed by atoms with Crippen LogP contribution < -0.4 is 10.6 Å². The lowest BCUT2D eigenvalue weighted by Gasteiger charge is -2.30. The molecular weight excluding hydrogens is 731 g/mol. The monoisotopic (exact) mass is 781 g/mol. The Bertz CT molecular complexity index is 2080. The van der Waals surface area contributed by atoms with E-state index in [4.69, 9.17) is 9.47 Å². The maximum absolute atomic E-state index is 13.7. The SMILES string of the molecule is COC(=O)N[C@H](C(=O)N1CCC[C@H]1c1ncc(-c2ccc(-c3ccc(-c4cnc([C@@H]5CN(C(C)=O)CN5C(=O)[C@@H](NC(=O)OC)C(C)C)[nH]4)cc3)cc2)[nH]1)C(C)C. The quantitative estimate of drug-likeness (QED) is 0.157. The summed E-state index contributed by atoms with van der Waals surface area (Å²) in [4.78, 5) is 84.7. The second-order valence-corrected chi connectivity index (χ2v) is 15.1. The highest BCUT2D eigenvalue weighted by Gasteiger charge is 2.42. The van der Waals surface area contributed by atoms with E-state index in [1.807, 2.05) is 76.2 Å². The number of nitrogens with zero attached hydrogens (tertiary/aromatic N) is 5. The molecule has 57 heavy (non-hydrogen) atoms. The molecule has 2 aromatic heterocycles. The highest BCUT2D eigenvalue weighted by Crippen LogP contribution is 2.34. The zero-order valence-corrected chi connectivity index (χ0v) is 33.4. The van der Waals surface area contributed by atoms with Crippen molar-refractivity contribution in [2.45, 2.75) is 71.6 Å². The molecule has 0 aliphatic carbocycles. The molecule has 0 bridgehead atoms. The molecule has 0 spiro atoms. The van der Waals surface area contributed by atoms with Crippen LogP contribution in [0.4, 0.5) is 9.59 Å². The summed E-state index contributed by atoms with van der Waals surface area (Å²) in [5.74, 6) is 0.247. The number of carbonyl (C=O) groups is 5. The lowest BCUT2D eigenvalue weighted by atomic mass is 10.0. The topological polar surface area (TPSA) is 195 Å². The van der Waals surface area contributed by atoms with Gasteiger partial charge in [-0.3, -0.25) is 14.4 Å². The van der Waals surface area contributed by atoms with Crippen LogP contribution in [0.1, 0.15) is 71.2 Å². The molecule has 4 heterocycles. The number of imidazole rings is 2. The molecule has 2 aliphatic heterocycles. The predicted octanol–water partition coefficient (Wildman–Crippen LogP) is 5.25. The fourth-order valence-corrected chi connectivity index (χ4v) is 7.39. The Morgan fingerprint density at radius 2 is 1.12 bits per heavy atom. The first-order chi connectivity index (χ1) is 27.3. The third-order valence-corrected chi connectivity index (χ3v) is 10.7. The van der Waals surface area contributed by atoms with E-state index in [9.17, 15) is 24.0 Å². The minimum absolute atomic E-state index is 0.0760. The molecule has 2 aliphatic rings. The van der Waals surface area contributed by atoms with Crippen molar-refractivity contribution in [3.63, 3.8) is 0 Å². The summed E-state index contributed by atoms with van der Waals surface area (Å²) < 4.78 is 9.49. The van der Waals surface area contributed by atoms with Crippen LogP contribution in [0.25, 0.3) is 33.6 Å². The molecular formula is C41H51N9O7. The molecule has 4 N–H and O–H groups in total. The molecule has 6 rings (SSSR count). The van der Waals surface area contributed by atoms with Gasteiger partial charge in [0.1, 0.15) is 29.8 Å². The van der Waals surface area contributed by atoms with Crippen LogP contribution in [0.2, 0.25) is 0 Å². The van der Waals surface area contributed by atoms with E-state index in [1.54, 1.807) is 27.1 Å². The first kappa shape index (κ1) is 40.5. The number of hydrogen-bond acceptors (Lipinski definition) is 9. The Morgan fingerprint density at radius 3 is 1.56 bits per heavy atom. The van der Waals surface area contributed by atoms with Crippen molar-refractivity contribution < 1.29 is 33.4 Å². The number of hydrogen-bond donors (Lipinski definition) is 4. The van der Waals surface area contributed by atoms with Gasteiger partial charge in [-0.15, -0.1) is 0 Å². The first-order valence-corrected chi connectivity index (χ1v) is 19.2. The maximum Gasteiger partial charge on any atom is 0.407 e. The second-order valence-electron chi connectivity index (χ2n) is 15.1. The van der Waals surface area contributed by atoms with Gasteiger partial charge >= 0.3 is 12.2 Å². The number of aromatic amines is 2. The largest absolute Gasteiger partial charge is 0.453 e. The Morgan fingerprint density at radius 1 is 0.684 bits per heavy atom. The van der Waals surface area contributed by atoms with Crippen molar-refractivity contribution in [3.05, 3.63) is 72.6 Å². The molecule has 4 aromatic rings. The standard InChI is InChI=1S/C41H51N9O7/c1-23(2)34(46-40(54)56-6)38(52)49-18-8-9-32(49)36-42-19-30(44-36)28-14-10-26(11-15-28)27-12-16-29(17-13-27)31-20-43-37(45-31)33-21-48(25(5)51)22-50(33)39(53)35(24(3)4)47-41(55)57-7/h10-17,19-20,23-24,32-35H,8-9,18,21-22H2,1-7H3,(H,42,44)(H,43,45)(H,46,54)(H,47,55)/t32-,33-,34-,35-/m0/s1. The molecule has 302 valence electrons. The van der Waals surface area contributed by atoms with Gasteiger partial charge < -0.3 is 44.8 Å². The Hall–Kier alpha value is -6.19. The van der Waals surface area contributed by atoms with E-state index >= 15 is 0 Å². The summed E-state index contributed by atoms with van der Waals surface area (Å²) in [6.07, 6.45) is 3.76. The van der Waals surface area contributed by atoms with Gasteiger partial charge in [-0.2, -0.15) is 0 Å². The number of carbonyl (C=O) groups excluding carboxylic acids is 5. The van der Waals surface area contributed by atoms with Gasteiger partial charge in [-0.1, -0.05) is 76.2 Å². The summed E-state index contributed by atoms with van der Waals surface area (Å²) in [6, 6.07) is 13.9. The van der Waals surface area contributed by atoms with Gasteiger partial charge in [0.05, 0.1) is 57.3 Å². The summed E-state index contributed by atoms with van der Waals surface area (Å²) in [6.45, 7) is 9.82. The van der Waals surface area contributed by atoms with Crippen LogP contribution >= 0.6 is 0 Å². The Balaban J connectivity index is 1.13. The van der Waals surface area contributed by atoms with E-state index in [0.717, 1.165) is 46.5 Å². The van der Waals surface area contributed by atoms with E-state index < -0.39 is 30.3 Å². The molecule has 16 heteroatoms. The lowest BCUT2D eigenvalue weighted by Crippen LogP contribution is -2.51. The van der Waals surface area contributed by atoms with Gasteiger partial charge in [-0.25, -0.2) is 19.6 Å². The number of methoxy groups -OCH3 is 2. The van der Waals surface area contributed by atoms with E-state index in [1.165, 1.54) is 21.1 Å². The zero-order valence-electron chi connectivity index (χ0n) is 33.4. The molecule has 2 aromatic carbocycles. The third kappa shape index (κ3) is 8.79. The Kier molecular flexibility index (Phi) is 12.3. The molecule has 0 radical (unpaired) electrons. The van der Waals surface area contributed by atoms with E-state index in [-0.39, 0.29) is 48.8 Å². The van der Waals surface area contributed by atoms with Gasteiger partial charge in [0, 0.05) is 13.5 Å². The Labute approximate surface area is 331 Å². The summed E-state index contributed by atoms with van der Waals surface area (Å²) >= 11 is 0. The van der Waals surface area contributed by atoms with Gasteiger partial charge in [0.15, 0.2) is 0 Å². The minimum Gasteiger partial charge on any atom is -0.453 e. The summed E-state index contributed by atoms with van der Waals surface area (Å²) in [5.41, 5.74) is 5.47. The summed E-state index contributed by atoms with van der Waals surface area (Å²) in [5, 5.41) is 5.32. The number of nitrogens with one attached hydrogen (secondary N) is 4. The third-order valence-electron chi connectivity index (χ3n) is 10.7. The number of likely N-dealkylation sites (tertiary alicyclic amines) is 1. The average Bonchev–Trinajstić information content (AvgIpc) is 4.04. The molecule has 2 fully saturated rings. The smallest absolute Gasteiger partial charge is 0.407 e. The van der Waals surface area contributed by atoms with Crippen molar-refractivity contribution in [1.29, 1.82) is 0 Å². The molecule has 5 amide bonds. The molecule has 2 saturated heterocycles. The van der Waals surface area contributed by atoms with Crippen molar-refractivity contribution >= 4 is 29.9 Å². The number of alkyl carbamates (subject to hydrolysis) is 2. The predicted molar refractivity (Wildman–Crippen MR) is 211 cm³/mol. The number of amides is 5. The van der Waals surface area contributed by atoms with Crippen molar-refractivity contribution in [1.82, 2.24) is 45.3 Å². The lowest BCUT2D eigenvalue weighted by molar-refractivity contribution is -0.137. The highest BCUT2D eigenvalue weighted by atomic mass is 16.5. The molecule has 4 atom stereocenters. The normalized spacial score (nSPS) is 17.8. The van der Waals surface area contributed by atoms with Crippen LogP contribution in [-0.2, 0) is 23.9 Å². The molecule has 0 saturated carbocycles. The van der Waals surface area contributed by atoms with Crippen molar-refractivity contribution in [3.8, 4) is 33.6 Å². The average molecular weight is 782 g/mol. The van der Waals surface area contributed by atoms with Crippen LogP contribution in [-0.4, -0.2) is 111 Å². The molecule has 0 unspecified atom stereocenters. The van der Waals surface area contributed by atoms with Crippen LogP contribution in [0.5, 0.6) is 0 Å². The number of aromatic nitrogens is 4. The minimum atomic E-state index is -0.845. The van der Waals surface area contributed by atoms with Gasteiger partial charge in [0.25, 0.3) is 0 Å². The van der Waals surface area contributed by atoms with Crippen molar-refractivity contribution in [2.24, 2.45) is 11.8 Å². The molecule has 16 nitrogen and oxygen atoms in total. The second kappa shape index (κ2) is 17.3. The zero-order chi connectivity index (χ0) is 41.0. The van der Waals surface area contributed by atoms with Crippen LogP contribution in [0, 0.1) is 11.8 Å². The maximum atomic E-state index is 13.7. The first-order valence-electron chi connectivity index (χ1n) is 19.2. The van der Waals surface area contributed by atoms with Crippen LogP contribution in [0.3, 0.4) is 0 Å². The van der Waals surface area contributed by atoms with Gasteiger partial charge in [-0.05, 0) is 46.9 Å². The summed E-state index contributed by atoms with van der Waals surface area (Å²) in [7, 11) is 2.53. The van der Waals surface area contributed by atoms with Crippen LogP contribution in [0.15, 0.2) is 60.9 Å². The number of ether oxygens (including phenoxy) is 2. The van der Waals surface area contributed by atoms with E-state index in [0.29, 0.717) is 18.2 Å². The van der Waals surface area contributed by atoms with Crippen molar-refractivity contribution in [2.75, 3.05) is 34.0 Å². The number of H-pyrrole nitrogens is 2. The number of rotatable bonds is 11. The van der Waals surface area contributed by atoms with E-state index in [2.05, 4.69) is 30.6 Å². The highest BCUT2D eigenvalue weighted by molar-refractivity contribution is 5.88. The number of benzene rings is 2. The fourth-order valence-electron chi connectivity index (χ4n) is 7.39. The fraction of sp³-hybridized carbons (Fsp3) is 0.439. The van der Waals surface area contributed by atoms with Gasteiger partial charge in [0.2, 0.25) is 17.7 Å².